The molecule has 1 unspecified atom stereocenters. The molecular formula is C19H24ClN5O2. The number of rotatable bonds is 5. The van der Waals surface area contributed by atoms with Crippen molar-refractivity contribution in [3.8, 4) is 5.88 Å². The number of aromatic nitrogens is 2. The Labute approximate surface area is 164 Å². The normalized spacial score (nSPS) is 16.7. The van der Waals surface area contributed by atoms with Crippen molar-refractivity contribution < 1.29 is 9.53 Å². The predicted octanol–water partition coefficient (Wildman–Crippen LogP) is 2.95. The molecule has 0 bridgehead atoms. The molecule has 7 nitrogen and oxygen atoms in total. The number of hydrogen-bond acceptors (Lipinski definition) is 5. The summed E-state index contributed by atoms with van der Waals surface area (Å²) in [5.74, 6) is 1.25. The second-order valence-corrected chi connectivity index (χ2v) is 7.17. The van der Waals surface area contributed by atoms with Gasteiger partial charge in [0.05, 0.1) is 6.54 Å². The number of urea groups is 1. The van der Waals surface area contributed by atoms with Gasteiger partial charge in [-0.25, -0.2) is 4.79 Å². The minimum atomic E-state index is -0.0905. The van der Waals surface area contributed by atoms with Crippen LogP contribution in [0.1, 0.15) is 18.4 Å². The summed E-state index contributed by atoms with van der Waals surface area (Å²) in [7, 11) is 3.82. The lowest BCUT2D eigenvalue weighted by atomic mass is 10.1. The molecule has 1 atom stereocenters. The first-order chi connectivity index (χ1) is 13.0. The summed E-state index contributed by atoms with van der Waals surface area (Å²) < 4.78 is 5.92. The number of nitrogens with one attached hydrogen (secondary N) is 1. The van der Waals surface area contributed by atoms with Crippen molar-refractivity contribution in [2.24, 2.45) is 0 Å². The van der Waals surface area contributed by atoms with Gasteiger partial charge in [-0.3, -0.25) is 0 Å². The van der Waals surface area contributed by atoms with Crippen molar-refractivity contribution in [2.75, 3.05) is 32.1 Å². The SMILES string of the molecule is CN(C)c1ccc(OC2CCCN(C(=O)NCc3ccc(Cl)cc3)C2)nn1. The first-order valence-corrected chi connectivity index (χ1v) is 9.34. The fourth-order valence-corrected chi connectivity index (χ4v) is 3.02. The molecule has 1 aliphatic heterocycles. The molecule has 1 fully saturated rings. The molecule has 1 saturated heterocycles. The smallest absolute Gasteiger partial charge is 0.317 e. The largest absolute Gasteiger partial charge is 0.471 e. The van der Waals surface area contributed by atoms with Crippen molar-refractivity contribution in [1.82, 2.24) is 20.4 Å². The molecular weight excluding hydrogens is 366 g/mol. The van der Waals surface area contributed by atoms with Gasteiger partial charge in [-0.05, 0) is 36.6 Å². The number of halogens is 1. The summed E-state index contributed by atoms with van der Waals surface area (Å²) in [6.45, 7) is 1.72. The molecule has 0 radical (unpaired) electrons. The zero-order valence-electron chi connectivity index (χ0n) is 15.6. The average Bonchev–Trinajstić information content (AvgIpc) is 2.68. The maximum atomic E-state index is 12.5. The van der Waals surface area contributed by atoms with Gasteiger partial charge in [0, 0.05) is 38.3 Å². The molecule has 144 valence electrons. The fraction of sp³-hybridized carbons (Fsp3) is 0.421. The molecule has 2 aromatic rings. The van der Waals surface area contributed by atoms with Crippen molar-refractivity contribution in [1.29, 1.82) is 0 Å². The highest BCUT2D eigenvalue weighted by Crippen LogP contribution is 2.18. The Morgan fingerprint density at radius 3 is 2.70 bits per heavy atom. The summed E-state index contributed by atoms with van der Waals surface area (Å²) in [6.07, 6.45) is 1.69. The van der Waals surface area contributed by atoms with Crippen molar-refractivity contribution in [3.63, 3.8) is 0 Å². The number of anilines is 1. The van der Waals surface area contributed by atoms with Crippen LogP contribution in [0.25, 0.3) is 0 Å². The molecule has 2 heterocycles. The van der Waals surface area contributed by atoms with Gasteiger partial charge in [0.2, 0.25) is 5.88 Å². The van der Waals surface area contributed by atoms with E-state index in [1.165, 1.54) is 0 Å². The minimum absolute atomic E-state index is 0.0838. The van der Waals surface area contributed by atoms with Crippen LogP contribution in [0.2, 0.25) is 5.02 Å². The Kier molecular flexibility index (Phi) is 6.34. The van der Waals surface area contributed by atoms with E-state index in [1.54, 1.807) is 4.90 Å². The first-order valence-electron chi connectivity index (χ1n) is 8.96. The van der Waals surface area contributed by atoms with E-state index in [4.69, 9.17) is 16.3 Å². The molecule has 0 saturated carbocycles. The monoisotopic (exact) mass is 389 g/mol. The van der Waals surface area contributed by atoms with Gasteiger partial charge in [-0.2, -0.15) is 0 Å². The summed E-state index contributed by atoms with van der Waals surface area (Å²) >= 11 is 5.88. The van der Waals surface area contributed by atoms with Gasteiger partial charge in [0.15, 0.2) is 5.82 Å². The number of likely N-dealkylation sites (tertiary alicyclic amines) is 1. The fourth-order valence-electron chi connectivity index (χ4n) is 2.90. The third-order valence-corrected chi connectivity index (χ3v) is 4.65. The number of ether oxygens (including phenoxy) is 1. The maximum Gasteiger partial charge on any atom is 0.317 e. The van der Waals surface area contributed by atoms with Crippen LogP contribution in [0.5, 0.6) is 5.88 Å². The highest BCUT2D eigenvalue weighted by atomic mass is 35.5. The Morgan fingerprint density at radius 2 is 2.04 bits per heavy atom. The van der Waals surface area contributed by atoms with Crippen LogP contribution in [-0.2, 0) is 6.54 Å². The van der Waals surface area contributed by atoms with E-state index in [9.17, 15) is 4.79 Å². The lowest BCUT2D eigenvalue weighted by Crippen LogP contribution is -2.48. The van der Waals surface area contributed by atoms with E-state index in [1.807, 2.05) is 55.4 Å². The van der Waals surface area contributed by atoms with Crippen LogP contribution in [-0.4, -0.2) is 54.4 Å². The second-order valence-electron chi connectivity index (χ2n) is 6.74. The number of nitrogens with zero attached hydrogens (tertiary/aromatic N) is 4. The topological polar surface area (TPSA) is 70.6 Å². The van der Waals surface area contributed by atoms with Crippen LogP contribution in [0.15, 0.2) is 36.4 Å². The van der Waals surface area contributed by atoms with Gasteiger partial charge in [0.25, 0.3) is 0 Å². The van der Waals surface area contributed by atoms with Crippen LogP contribution >= 0.6 is 11.6 Å². The van der Waals surface area contributed by atoms with Gasteiger partial charge in [-0.1, -0.05) is 23.7 Å². The van der Waals surface area contributed by atoms with Crippen molar-refractivity contribution in [3.05, 3.63) is 47.0 Å². The number of carbonyl (C=O) groups excluding carboxylic acids is 1. The third-order valence-electron chi connectivity index (χ3n) is 4.39. The zero-order valence-corrected chi connectivity index (χ0v) is 16.3. The summed E-state index contributed by atoms with van der Waals surface area (Å²) in [4.78, 5) is 16.1. The van der Waals surface area contributed by atoms with Crippen molar-refractivity contribution >= 4 is 23.4 Å². The highest BCUT2D eigenvalue weighted by molar-refractivity contribution is 6.30. The van der Waals surface area contributed by atoms with E-state index in [2.05, 4.69) is 15.5 Å². The standard InChI is InChI=1S/C19H24ClN5O2/c1-24(2)17-9-10-18(23-22-17)27-16-4-3-11-25(13-16)19(26)21-12-14-5-7-15(20)8-6-14/h5-10,16H,3-4,11-13H2,1-2H3,(H,21,26). The Bertz CT molecular complexity index is 752. The number of amides is 2. The van der Waals surface area contributed by atoms with Gasteiger partial charge < -0.3 is 19.9 Å². The van der Waals surface area contributed by atoms with E-state index in [-0.39, 0.29) is 12.1 Å². The van der Waals surface area contributed by atoms with Gasteiger partial charge >= 0.3 is 6.03 Å². The molecule has 1 aliphatic rings. The summed E-state index contributed by atoms with van der Waals surface area (Å²) in [6, 6.07) is 11.0. The minimum Gasteiger partial charge on any atom is -0.471 e. The lowest BCUT2D eigenvalue weighted by molar-refractivity contribution is 0.0969. The molecule has 0 spiro atoms. The van der Waals surface area contributed by atoms with E-state index >= 15 is 0 Å². The Hall–Kier alpha value is -2.54. The van der Waals surface area contributed by atoms with Crippen LogP contribution in [0, 0.1) is 0 Å². The van der Waals surface area contributed by atoms with E-state index in [0.29, 0.717) is 24.0 Å². The molecule has 2 amide bonds. The zero-order chi connectivity index (χ0) is 19.2. The maximum absolute atomic E-state index is 12.5. The van der Waals surface area contributed by atoms with Crippen LogP contribution in [0.3, 0.4) is 0 Å². The molecule has 1 N–H and O–H groups in total. The number of benzene rings is 1. The van der Waals surface area contributed by atoms with Crippen LogP contribution in [0.4, 0.5) is 10.6 Å². The molecule has 0 aliphatic carbocycles. The first kappa shape index (κ1) is 19.2. The highest BCUT2D eigenvalue weighted by Gasteiger charge is 2.25. The quantitative estimate of drug-likeness (QED) is 0.851. The van der Waals surface area contributed by atoms with Crippen LogP contribution < -0.4 is 15.0 Å². The predicted molar refractivity (Wildman–Crippen MR) is 105 cm³/mol. The molecule has 1 aromatic carbocycles. The second kappa shape index (κ2) is 8.90. The summed E-state index contributed by atoms with van der Waals surface area (Å²) in [5, 5.41) is 11.8. The Balaban J connectivity index is 1.50. The lowest BCUT2D eigenvalue weighted by Gasteiger charge is -2.32. The van der Waals surface area contributed by atoms with Gasteiger partial charge in [0.1, 0.15) is 6.10 Å². The molecule has 27 heavy (non-hydrogen) atoms. The third kappa shape index (κ3) is 5.47. The molecule has 3 rings (SSSR count). The molecule has 8 heteroatoms. The van der Waals surface area contributed by atoms with E-state index in [0.717, 1.165) is 30.8 Å². The average molecular weight is 390 g/mol. The van der Waals surface area contributed by atoms with E-state index < -0.39 is 0 Å². The van der Waals surface area contributed by atoms with Gasteiger partial charge in [-0.15, -0.1) is 10.2 Å². The number of piperidine rings is 1. The number of carbonyl (C=O) groups is 1. The van der Waals surface area contributed by atoms with Crippen molar-refractivity contribution in [2.45, 2.75) is 25.5 Å². The number of hydrogen-bond donors (Lipinski definition) is 1. The Morgan fingerprint density at radius 1 is 1.26 bits per heavy atom. The molecule has 1 aromatic heterocycles. The summed E-state index contributed by atoms with van der Waals surface area (Å²) in [5.41, 5.74) is 1.01.